The molecule has 1 aliphatic heterocycles. The molecule has 1 aliphatic rings. The Morgan fingerprint density at radius 2 is 1.78 bits per heavy atom. The first kappa shape index (κ1) is 16.2. The summed E-state index contributed by atoms with van der Waals surface area (Å²) >= 11 is 12.6. The van der Waals surface area contributed by atoms with Gasteiger partial charge in [-0.2, -0.15) is 0 Å². The number of benzene rings is 2. The molecule has 0 spiro atoms. The predicted octanol–water partition coefficient (Wildman–Crippen LogP) is 5.31. The highest BCUT2D eigenvalue weighted by Crippen LogP contribution is 2.36. The predicted molar refractivity (Wildman–Crippen MR) is 103 cm³/mol. The van der Waals surface area contributed by atoms with Gasteiger partial charge in [-0.15, -0.1) is 0 Å². The molecule has 0 atom stereocenters. The number of hydrogen-bond acceptors (Lipinski definition) is 3. The maximum absolute atomic E-state index is 12.7. The first-order chi connectivity index (χ1) is 11.1. The van der Waals surface area contributed by atoms with Crippen LogP contribution >= 0.6 is 35.6 Å². The third-order valence-electron chi connectivity index (χ3n) is 3.56. The summed E-state index contributed by atoms with van der Waals surface area (Å²) < 4.78 is 0.555. The van der Waals surface area contributed by atoms with E-state index in [0.29, 0.717) is 14.2 Å². The number of carbonyl (C=O) groups is 1. The Hall–Kier alpha value is -1.62. The molecule has 0 aliphatic carbocycles. The van der Waals surface area contributed by atoms with Crippen molar-refractivity contribution in [1.82, 2.24) is 0 Å². The van der Waals surface area contributed by atoms with Crippen molar-refractivity contribution in [1.29, 1.82) is 0 Å². The van der Waals surface area contributed by atoms with Gasteiger partial charge in [-0.25, -0.2) is 0 Å². The lowest BCUT2D eigenvalue weighted by Crippen LogP contribution is -2.27. The van der Waals surface area contributed by atoms with Crippen LogP contribution in [0.25, 0.3) is 6.08 Å². The number of rotatable bonds is 3. The number of thiocarbonyl (C=S) groups is 1. The minimum atomic E-state index is -0.0841. The van der Waals surface area contributed by atoms with Gasteiger partial charge >= 0.3 is 0 Å². The summed E-state index contributed by atoms with van der Waals surface area (Å²) in [6, 6.07) is 15.3. The number of hydrogen-bond donors (Lipinski definition) is 0. The highest BCUT2D eigenvalue weighted by atomic mass is 35.5. The SMILES string of the molecule is CCc1ccc(N2C(=O)C(=Cc3ccc(Cl)cc3)SC2=S)cc1. The van der Waals surface area contributed by atoms with E-state index in [4.69, 9.17) is 23.8 Å². The lowest BCUT2D eigenvalue weighted by Gasteiger charge is -2.14. The lowest BCUT2D eigenvalue weighted by molar-refractivity contribution is -0.113. The van der Waals surface area contributed by atoms with Gasteiger partial charge in [0.15, 0.2) is 4.32 Å². The van der Waals surface area contributed by atoms with Crippen molar-refractivity contribution in [3.63, 3.8) is 0 Å². The van der Waals surface area contributed by atoms with Crippen LogP contribution in [-0.4, -0.2) is 10.2 Å². The molecule has 0 saturated carbocycles. The van der Waals surface area contributed by atoms with Crippen molar-refractivity contribution in [2.45, 2.75) is 13.3 Å². The number of aryl methyl sites for hydroxylation is 1. The standard InChI is InChI=1S/C18H14ClNOS2/c1-2-12-5-9-15(10-6-12)20-17(21)16(23-18(20)22)11-13-3-7-14(19)8-4-13/h3-11H,2H2,1H3. The summed E-state index contributed by atoms with van der Waals surface area (Å²) in [4.78, 5) is 14.9. The maximum atomic E-state index is 12.7. The summed E-state index contributed by atoms with van der Waals surface area (Å²) in [5, 5.41) is 0.672. The molecular weight excluding hydrogens is 346 g/mol. The van der Waals surface area contributed by atoms with Crippen molar-refractivity contribution in [3.05, 3.63) is 69.6 Å². The maximum Gasteiger partial charge on any atom is 0.270 e. The van der Waals surface area contributed by atoms with Crippen LogP contribution in [-0.2, 0) is 11.2 Å². The molecule has 23 heavy (non-hydrogen) atoms. The van der Waals surface area contributed by atoms with E-state index in [1.54, 1.807) is 17.0 Å². The van der Waals surface area contributed by atoms with E-state index < -0.39 is 0 Å². The van der Waals surface area contributed by atoms with Gasteiger partial charge in [0.05, 0.1) is 10.6 Å². The van der Waals surface area contributed by atoms with Crippen LogP contribution in [0.1, 0.15) is 18.1 Å². The van der Waals surface area contributed by atoms with Crippen molar-refractivity contribution in [3.8, 4) is 0 Å². The summed E-state index contributed by atoms with van der Waals surface area (Å²) in [5.41, 5.74) is 2.97. The fourth-order valence-electron chi connectivity index (χ4n) is 2.28. The molecule has 0 aromatic heterocycles. The van der Waals surface area contributed by atoms with E-state index in [0.717, 1.165) is 17.7 Å². The average Bonchev–Trinajstić information content (AvgIpc) is 2.84. The molecule has 5 heteroatoms. The van der Waals surface area contributed by atoms with E-state index in [1.807, 2.05) is 42.5 Å². The highest BCUT2D eigenvalue weighted by Gasteiger charge is 2.33. The Balaban J connectivity index is 1.88. The van der Waals surface area contributed by atoms with Gasteiger partial charge in [0, 0.05) is 5.02 Å². The molecule has 0 N–H and O–H groups in total. The van der Waals surface area contributed by atoms with Gasteiger partial charge in [-0.1, -0.05) is 66.8 Å². The Kier molecular flexibility index (Phi) is 4.85. The van der Waals surface area contributed by atoms with E-state index in [9.17, 15) is 4.79 Å². The molecular formula is C18H14ClNOS2. The number of thioether (sulfide) groups is 1. The Labute approximate surface area is 150 Å². The minimum Gasteiger partial charge on any atom is -0.268 e. The van der Waals surface area contributed by atoms with Crippen LogP contribution < -0.4 is 4.90 Å². The Morgan fingerprint density at radius 1 is 1.13 bits per heavy atom. The number of nitrogens with zero attached hydrogens (tertiary/aromatic N) is 1. The summed E-state index contributed by atoms with van der Waals surface area (Å²) in [5.74, 6) is -0.0841. The second-order valence-corrected chi connectivity index (χ2v) is 7.20. The van der Waals surface area contributed by atoms with Gasteiger partial charge < -0.3 is 0 Å². The molecule has 2 aromatic carbocycles. The fraction of sp³-hybridized carbons (Fsp3) is 0.111. The normalized spacial score (nSPS) is 16.4. The monoisotopic (exact) mass is 359 g/mol. The van der Waals surface area contributed by atoms with Gasteiger partial charge in [-0.3, -0.25) is 9.69 Å². The zero-order valence-electron chi connectivity index (χ0n) is 12.5. The number of amides is 1. The molecule has 0 radical (unpaired) electrons. The summed E-state index contributed by atoms with van der Waals surface area (Å²) in [6.45, 7) is 2.10. The van der Waals surface area contributed by atoms with Crippen LogP contribution in [0.4, 0.5) is 5.69 Å². The largest absolute Gasteiger partial charge is 0.270 e. The fourth-order valence-corrected chi connectivity index (χ4v) is 3.71. The van der Waals surface area contributed by atoms with E-state index in [1.165, 1.54) is 17.3 Å². The number of anilines is 1. The number of halogens is 1. The van der Waals surface area contributed by atoms with E-state index in [-0.39, 0.29) is 5.91 Å². The van der Waals surface area contributed by atoms with Crippen LogP contribution in [0.15, 0.2) is 53.4 Å². The molecule has 3 rings (SSSR count). The molecule has 116 valence electrons. The van der Waals surface area contributed by atoms with Crippen LogP contribution in [0.3, 0.4) is 0 Å². The third kappa shape index (κ3) is 3.50. The van der Waals surface area contributed by atoms with Crippen LogP contribution in [0, 0.1) is 0 Å². The smallest absolute Gasteiger partial charge is 0.268 e. The molecule has 2 nitrogen and oxygen atoms in total. The zero-order valence-corrected chi connectivity index (χ0v) is 14.8. The van der Waals surface area contributed by atoms with E-state index >= 15 is 0 Å². The molecule has 1 heterocycles. The van der Waals surface area contributed by atoms with E-state index in [2.05, 4.69) is 6.92 Å². The van der Waals surface area contributed by atoms with Crippen LogP contribution in [0.2, 0.25) is 5.02 Å². The summed E-state index contributed by atoms with van der Waals surface area (Å²) in [7, 11) is 0. The van der Waals surface area contributed by atoms with Gasteiger partial charge in [0.2, 0.25) is 0 Å². The topological polar surface area (TPSA) is 20.3 Å². The van der Waals surface area contributed by atoms with Crippen molar-refractivity contribution in [2.75, 3.05) is 4.90 Å². The molecule has 1 saturated heterocycles. The zero-order chi connectivity index (χ0) is 16.4. The first-order valence-electron chi connectivity index (χ1n) is 7.21. The molecule has 0 bridgehead atoms. The van der Waals surface area contributed by atoms with Gasteiger partial charge in [0.1, 0.15) is 0 Å². The second kappa shape index (κ2) is 6.87. The Bertz CT molecular complexity index is 782. The van der Waals surface area contributed by atoms with Crippen molar-refractivity contribution in [2.24, 2.45) is 0 Å². The van der Waals surface area contributed by atoms with Crippen LogP contribution in [0.5, 0.6) is 0 Å². The first-order valence-corrected chi connectivity index (χ1v) is 8.81. The molecule has 2 aromatic rings. The van der Waals surface area contributed by atoms with Gasteiger partial charge in [0.25, 0.3) is 5.91 Å². The molecule has 1 amide bonds. The van der Waals surface area contributed by atoms with Crippen molar-refractivity contribution < 1.29 is 4.79 Å². The number of carbonyl (C=O) groups excluding carboxylic acids is 1. The minimum absolute atomic E-state index is 0.0841. The lowest BCUT2D eigenvalue weighted by atomic mass is 10.1. The third-order valence-corrected chi connectivity index (χ3v) is 5.12. The second-order valence-electron chi connectivity index (χ2n) is 5.09. The van der Waals surface area contributed by atoms with Gasteiger partial charge in [-0.05, 0) is 47.9 Å². The highest BCUT2D eigenvalue weighted by molar-refractivity contribution is 8.27. The Morgan fingerprint density at radius 3 is 2.39 bits per heavy atom. The summed E-state index contributed by atoms with van der Waals surface area (Å²) in [6.07, 6.45) is 2.81. The van der Waals surface area contributed by atoms with Crippen molar-refractivity contribution >= 4 is 57.6 Å². The molecule has 0 unspecified atom stereocenters. The average molecular weight is 360 g/mol. The molecule has 1 fully saturated rings. The quantitative estimate of drug-likeness (QED) is 0.547.